The summed E-state index contributed by atoms with van der Waals surface area (Å²) in [5.74, 6) is 0.471. The van der Waals surface area contributed by atoms with Gasteiger partial charge in [-0.3, -0.25) is 4.79 Å². The van der Waals surface area contributed by atoms with E-state index in [1.165, 1.54) is 11.3 Å². The number of nitrogens with zero attached hydrogens (tertiary/aromatic N) is 1. The van der Waals surface area contributed by atoms with Crippen LogP contribution < -0.4 is 5.73 Å². The van der Waals surface area contributed by atoms with E-state index in [1.807, 2.05) is 25.1 Å². The van der Waals surface area contributed by atoms with Gasteiger partial charge in [0.1, 0.15) is 10.6 Å². The number of aryl methyl sites for hydroxylation is 1. The molecular weight excluding hydrogens is 272 g/mol. The predicted octanol–water partition coefficient (Wildman–Crippen LogP) is 3.52. The summed E-state index contributed by atoms with van der Waals surface area (Å²) in [5.41, 5.74) is 7.84. The Morgan fingerprint density at radius 3 is 2.75 bits per heavy atom. The standard InChI is InChI=1S/C15H12N2O2S/c1-9-5-2-3-6-10(9)13(18)14-12(17-15(16)20-14)11-7-4-8-19-11/h2-8H,1H3,(H2,16,17). The Morgan fingerprint density at radius 1 is 1.25 bits per heavy atom. The fraction of sp³-hybridized carbons (Fsp3) is 0.0667. The number of nitrogens with two attached hydrogens (primary N) is 1. The summed E-state index contributed by atoms with van der Waals surface area (Å²) in [6.45, 7) is 1.91. The van der Waals surface area contributed by atoms with Crippen molar-refractivity contribution in [3.05, 3.63) is 58.7 Å². The minimum Gasteiger partial charge on any atom is -0.463 e. The third kappa shape index (κ3) is 2.12. The average molecular weight is 284 g/mol. The minimum absolute atomic E-state index is 0.0799. The zero-order valence-electron chi connectivity index (χ0n) is 10.8. The first-order valence-corrected chi connectivity index (χ1v) is 6.89. The van der Waals surface area contributed by atoms with E-state index >= 15 is 0 Å². The first-order valence-electron chi connectivity index (χ1n) is 6.07. The lowest BCUT2D eigenvalue weighted by molar-refractivity contribution is 0.104. The van der Waals surface area contributed by atoms with Crippen molar-refractivity contribution in [1.29, 1.82) is 0 Å². The van der Waals surface area contributed by atoms with Gasteiger partial charge in [0.2, 0.25) is 5.78 Å². The van der Waals surface area contributed by atoms with Crippen LogP contribution in [-0.2, 0) is 0 Å². The lowest BCUT2D eigenvalue weighted by atomic mass is 10.0. The average Bonchev–Trinajstić information content (AvgIpc) is 3.07. The number of rotatable bonds is 3. The van der Waals surface area contributed by atoms with E-state index in [9.17, 15) is 4.79 Å². The largest absolute Gasteiger partial charge is 0.463 e. The molecule has 1 aromatic carbocycles. The molecule has 0 fully saturated rings. The number of carbonyl (C=O) groups excluding carboxylic acids is 1. The van der Waals surface area contributed by atoms with E-state index in [4.69, 9.17) is 10.2 Å². The van der Waals surface area contributed by atoms with Crippen molar-refractivity contribution in [3.63, 3.8) is 0 Å². The van der Waals surface area contributed by atoms with Crippen molar-refractivity contribution >= 4 is 22.3 Å². The van der Waals surface area contributed by atoms with Gasteiger partial charge in [-0.2, -0.15) is 0 Å². The van der Waals surface area contributed by atoms with Crippen LogP contribution in [0.5, 0.6) is 0 Å². The summed E-state index contributed by atoms with van der Waals surface area (Å²) in [5, 5.41) is 0.355. The maximum atomic E-state index is 12.7. The zero-order valence-corrected chi connectivity index (χ0v) is 11.6. The van der Waals surface area contributed by atoms with Crippen molar-refractivity contribution in [2.75, 3.05) is 5.73 Å². The minimum atomic E-state index is -0.0799. The number of thiazole rings is 1. The van der Waals surface area contributed by atoms with Gasteiger partial charge >= 0.3 is 0 Å². The molecule has 0 amide bonds. The molecular formula is C15H12N2O2S. The number of hydrogen-bond acceptors (Lipinski definition) is 5. The number of ketones is 1. The van der Waals surface area contributed by atoms with Gasteiger partial charge < -0.3 is 10.2 Å². The summed E-state index contributed by atoms with van der Waals surface area (Å²) in [4.78, 5) is 17.4. The van der Waals surface area contributed by atoms with Crippen LogP contribution in [0.25, 0.3) is 11.5 Å². The third-order valence-corrected chi connectivity index (χ3v) is 3.88. The topological polar surface area (TPSA) is 69.1 Å². The van der Waals surface area contributed by atoms with Gasteiger partial charge in [0.15, 0.2) is 10.9 Å². The highest BCUT2D eigenvalue weighted by molar-refractivity contribution is 7.18. The number of aromatic nitrogens is 1. The molecule has 0 saturated heterocycles. The summed E-state index contributed by atoms with van der Waals surface area (Å²) in [6, 6.07) is 11.0. The van der Waals surface area contributed by atoms with Gasteiger partial charge in [0, 0.05) is 5.56 Å². The number of benzene rings is 1. The Bertz CT molecular complexity index is 760. The molecule has 3 aromatic rings. The van der Waals surface area contributed by atoms with Gasteiger partial charge in [-0.1, -0.05) is 35.6 Å². The van der Waals surface area contributed by atoms with Crippen LogP contribution >= 0.6 is 11.3 Å². The predicted molar refractivity (Wildman–Crippen MR) is 78.8 cm³/mol. The lowest BCUT2D eigenvalue weighted by Crippen LogP contribution is -2.02. The van der Waals surface area contributed by atoms with E-state index in [-0.39, 0.29) is 5.78 Å². The fourth-order valence-corrected chi connectivity index (χ4v) is 2.81. The molecule has 2 heterocycles. The van der Waals surface area contributed by atoms with Gasteiger partial charge in [-0.05, 0) is 24.6 Å². The molecule has 4 nitrogen and oxygen atoms in total. The molecule has 0 bridgehead atoms. The first-order chi connectivity index (χ1) is 9.66. The third-order valence-electron chi connectivity index (χ3n) is 2.99. The zero-order chi connectivity index (χ0) is 14.1. The van der Waals surface area contributed by atoms with E-state index in [0.717, 1.165) is 5.56 Å². The van der Waals surface area contributed by atoms with Gasteiger partial charge in [0.25, 0.3) is 0 Å². The molecule has 0 unspecified atom stereocenters. The highest BCUT2D eigenvalue weighted by atomic mass is 32.1. The quantitative estimate of drug-likeness (QED) is 0.747. The Labute approximate surface area is 119 Å². The highest BCUT2D eigenvalue weighted by Gasteiger charge is 2.22. The maximum Gasteiger partial charge on any atom is 0.205 e. The van der Waals surface area contributed by atoms with E-state index in [2.05, 4.69) is 4.98 Å². The Balaban J connectivity index is 2.12. The van der Waals surface area contributed by atoms with Crippen LogP contribution in [-0.4, -0.2) is 10.8 Å². The number of nitrogen functional groups attached to an aromatic ring is 1. The summed E-state index contributed by atoms with van der Waals surface area (Å²) in [7, 11) is 0. The molecule has 0 radical (unpaired) electrons. The van der Waals surface area contributed by atoms with Gasteiger partial charge in [-0.15, -0.1) is 0 Å². The van der Waals surface area contributed by atoms with E-state index < -0.39 is 0 Å². The molecule has 20 heavy (non-hydrogen) atoms. The Hall–Kier alpha value is -2.40. The smallest absolute Gasteiger partial charge is 0.205 e. The molecule has 0 aliphatic heterocycles. The molecule has 0 saturated carbocycles. The lowest BCUT2D eigenvalue weighted by Gasteiger charge is -2.03. The summed E-state index contributed by atoms with van der Waals surface area (Å²) >= 11 is 1.18. The second-order valence-electron chi connectivity index (χ2n) is 4.35. The SMILES string of the molecule is Cc1ccccc1C(=O)c1sc(N)nc1-c1ccco1. The van der Waals surface area contributed by atoms with Gasteiger partial charge in [-0.25, -0.2) is 4.98 Å². The molecule has 5 heteroatoms. The second-order valence-corrected chi connectivity index (χ2v) is 5.38. The first kappa shape index (κ1) is 12.6. The molecule has 2 aromatic heterocycles. The summed E-state index contributed by atoms with van der Waals surface area (Å²) < 4.78 is 5.33. The molecule has 0 aliphatic carbocycles. The monoisotopic (exact) mass is 284 g/mol. The Kier molecular flexibility index (Phi) is 3.12. The number of hydrogen-bond donors (Lipinski definition) is 1. The van der Waals surface area contributed by atoms with E-state index in [0.29, 0.717) is 27.0 Å². The van der Waals surface area contributed by atoms with Crippen LogP contribution in [0.2, 0.25) is 0 Å². The van der Waals surface area contributed by atoms with E-state index in [1.54, 1.807) is 24.5 Å². The fourth-order valence-electron chi connectivity index (χ4n) is 2.02. The molecule has 100 valence electrons. The highest BCUT2D eigenvalue weighted by Crippen LogP contribution is 2.32. The number of carbonyl (C=O) groups is 1. The van der Waals surface area contributed by atoms with Crippen LogP contribution in [0.1, 0.15) is 20.8 Å². The molecule has 2 N–H and O–H groups in total. The molecule has 3 rings (SSSR count). The van der Waals surface area contributed by atoms with Crippen LogP contribution in [0.4, 0.5) is 5.13 Å². The normalized spacial score (nSPS) is 10.7. The van der Waals surface area contributed by atoms with Crippen LogP contribution in [0.15, 0.2) is 47.1 Å². The maximum absolute atomic E-state index is 12.7. The van der Waals surface area contributed by atoms with Crippen molar-refractivity contribution in [3.8, 4) is 11.5 Å². The van der Waals surface area contributed by atoms with Crippen LogP contribution in [0.3, 0.4) is 0 Å². The van der Waals surface area contributed by atoms with Crippen molar-refractivity contribution in [2.45, 2.75) is 6.92 Å². The number of anilines is 1. The second kappa shape index (κ2) is 4.94. The number of furan rings is 1. The summed E-state index contributed by atoms with van der Waals surface area (Å²) in [6.07, 6.45) is 1.55. The van der Waals surface area contributed by atoms with Crippen molar-refractivity contribution in [2.24, 2.45) is 0 Å². The van der Waals surface area contributed by atoms with Crippen molar-refractivity contribution in [1.82, 2.24) is 4.98 Å². The molecule has 0 spiro atoms. The molecule has 0 atom stereocenters. The Morgan fingerprint density at radius 2 is 2.05 bits per heavy atom. The van der Waals surface area contributed by atoms with Gasteiger partial charge in [0.05, 0.1) is 6.26 Å². The van der Waals surface area contributed by atoms with Crippen LogP contribution in [0, 0.1) is 6.92 Å². The van der Waals surface area contributed by atoms with Crippen molar-refractivity contribution < 1.29 is 9.21 Å². The molecule has 0 aliphatic rings.